The molecule has 40 heteroatoms. The highest BCUT2D eigenvalue weighted by molar-refractivity contribution is 8.03. The van der Waals surface area contributed by atoms with E-state index in [4.69, 9.17) is 44.0 Å². The number of anilines is 2. The molecule has 4 aliphatic rings. The molecule has 2 saturated heterocycles. The number of aromatic nitrogens is 4. The number of amides is 4. The number of nitrogens with zero attached hydrogens (tertiary/aromatic N) is 8. The van der Waals surface area contributed by atoms with Gasteiger partial charge >= 0.3 is 23.6 Å². The van der Waals surface area contributed by atoms with Crippen molar-refractivity contribution in [3.63, 3.8) is 0 Å². The molecule has 4 aliphatic heterocycles. The lowest BCUT2D eigenvalue weighted by molar-refractivity contribution is -0.724. The van der Waals surface area contributed by atoms with Crippen LogP contribution in [0, 0.1) is 0 Å². The van der Waals surface area contributed by atoms with Crippen molar-refractivity contribution in [1.29, 1.82) is 0 Å². The molecule has 0 bridgehead atoms. The third-order valence-electron chi connectivity index (χ3n) is 11.0. The standard InChI is InChI=1S/2C20H20N6O5S3.C2HF3O2.CHF3O3S/c2*1-31-24-14(10-8-34-20(21)22-10)17(27)23-15-11-9-33-12(16(19(29)30)26(11)18(15)28)7-25-6-4-3-5-13(25)32-2;3-2(4,5)1(6)7;2-1(3,4)8(5,6)7/h2*3-6,8,11,15H,7,9H2,1-2H3,(H3-,21,22,23,27,29,30);(H,6,7);(H,5,6,7). The summed E-state index contributed by atoms with van der Waals surface area (Å²) in [5.41, 5.74) is 5.73. The van der Waals surface area contributed by atoms with Crippen molar-refractivity contribution in [3.05, 3.63) is 92.1 Å². The van der Waals surface area contributed by atoms with E-state index in [2.05, 4.69) is 30.9 Å². The minimum Gasteiger partial charge on any atom is -0.741 e. The van der Waals surface area contributed by atoms with Gasteiger partial charge in [-0.3, -0.25) is 29.0 Å². The number of hydrogen-bond acceptors (Lipinski definition) is 25. The highest BCUT2D eigenvalue weighted by atomic mass is 32.2. The Morgan fingerprint density at radius 2 is 1.10 bits per heavy atom. The van der Waals surface area contributed by atoms with Crippen LogP contribution in [0.4, 0.5) is 36.6 Å². The van der Waals surface area contributed by atoms with Crippen LogP contribution in [0.1, 0.15) is 11.4 Å². The summed E-state index contributed by atoms with van der Waals surface area (Å²) in [6.07, 6.45) is 2.42. The Morgan fingerprint density at radius 1 is 0.747 bits per heavy atom. The second kappa shape index (κ2) is 28.4. The summed E-state index contributed by atoms with van der Waals surface area (Å²) in [6, 6.07) is 8.66. The monoisotopic (exact) mass is 1300 g/mol. The van der Waals surface area contributed by atoms with E-state index in [9.17, 15) is 65.3 Å². The first-order valence-electron chi connectivity index (χ1n) is 22.4. The number of rotatable bonds is 16. The van der Waals surface area contributed by atoms with Gasteiger partial charge in [-0.05, 0) is 24.6 Å². The Balaban J connectivity index is 0.000000244. The molecular weight excluding hydrogens is 1260 g/mol. The number of carbonyl (C=O) groups excluding carboxylic acids is 5. The van der Waals surface area contributed by atoms with Crippen LogP contribution in [0.25, 0.3) is 0 Å². The molecule has 0 aliphatic carbocycles. The maximum absolute atomic E-state index is 13.0. The fourth-order valence-corrected chi connectivity index (χ4v) is 12.2. The average Bonchev–Trinajstić information content (AvgIpc) is 3.76. The number of hydrogen-bond donors (Lipinski definition) is 6. The van der Waals surface area contributed by atoms with Gasteiger partial charge in [-0.25, -0.2) is 28.0 Å². The van der Waals surface area contributed by atoms with Gasteiger partial charge < -0.3 is 56.4 Å². The number of nitrogens with two attached hydrogens (primary N) is 2. The van der Waals surface area contributed by atoms with Crippen LogP contribution in [-0.2, 0) is 66.4 Å². The van der Waals surface area contributed by atoms with Crippen molar-refractivity contribution in [2.24, 2.45) is 10.3 Å². The Kier molecular flexibility index (Phi) is 22.7. The molecule has 4 unspecified atom stereocenters. The molecular formula is C43H42F6N12O15S7. The summed E-state index contributed by atoms with van der Waals surface area (Å²) in [4.78, 5) is 106. The Bertz CT molecular complexity index is 3210. The number of oxime groups is 2. The van der Waals surface area contributed by atoms with Crippen molar-refractivity contribution in [2.75, 3.05) is 49.7 Å². The van der Waals surface area contributed by atoms with E-state index in [-0.39, 0.29) is 44.5 Å². The molecule has 8 rings (SSSR count). The van der Waals surface area contributed by atoms with E-state index >= 15 is 0 Å². The fraction of sp³-hybridized carbons (Fsp3) is 0.326. The first-order valence-corrected chi connectivity index (χ1v) is 30.0. The molecule has 448 valence electrons. The number of carbonyl (C=O) groups is 7. The Morgan fingerprint density at radius 3 is 1.36 bits per heavy atom. The van der Waals surface area contributed by atoms with Crippen LogP contribution in [0.3, 0.4) is 0 Å². The molecule has 4 atom stereocenters. The first-order chi connectivity index (χ1) is 38.9. The second-order valence-corrected chi connectivity index (χ2v) is 23.1. The molecule has 27 nitrogen and oxygen atoms in total. The Hall–Kier alpha value is -7.24. The van der Waals surface area contributed by atoms with Crippen molar-refractivity contribution in [3.8, 4) is 0 Å². The second-order valence-electron chi connectivity index (χ2n) is 16.0. The number of thiazole rings is 2. The van der Waals surface area contributed by atoms with E-state index in [0.29, 0.717) is 34.4 Å². The number of halogens is 6. The van der Waals surface area contributed by atoms with E-state index in [0.717, 1.165) is 32.7 Å². The van der Waals surface area contributed by atoms with Gasteiger partial charge in [0.05, 0.1) is 21.9 Å². The number of pyridine rings is 2. The normalized spacial score (nSPS) is 18.7. The molecule has 4 aromatic heterocycles. The van der Waals surface area contributed by atoms with E-state index in [1.54, 1.807) is 34.3 Å². The molecule has 0 aromatic carbocycles. The zero-order valence-electron chi connectivity index (χ0n) is 42.5. The quantitative estimate of drug-likeness (QED) is 0.0129. The molecule has 2 fully saturated rings. The number of nitrogens with one attached hydrogen (secondary N) is 2. The van der Waals surface area contributed by atoms with Gasteiger partial charge in [0.2, 0.25) is 10.1 Å². The van der Waals surface area contributed by atoms with Crippen LogP contribution >= 0.6 is 69.7 Å². The number of carboxylic acid groups (broad SMARTS) is 3. The van der Waals surface area contributed by atoms with Crippen LogP contribution in [0.15, 0.2) is 101 Å². The molecule has 8 N–H and O–H groups in total. The van der Waals surface area contributed by atoms with Crippen molar-refractivity contribution < 1.29 is 107 Å². The van der Waals surface area contributed by atoms with Crippen LogP contribution in [0.2, 0.25) is 0 Å². The lowest BCUT2D eigenvalue weighted by atomic mass is 9.94. The molecule has 0 saturated carbocycles. The lowest BCUT2D eigenvalue weighted by Crippen LogP contribution is -2.73. The van der Waals surface area contributed by atoms with Gasteiger partial charge in [-0.15, -0.1) is 46.2 Å². The van der Waals surface area contributed by atoms with E-state index in [1.165, 1.54) is 47.5 Å². The number of thioether (sulfide) groups is 4. The fourth-order valence-electron chi connectivity index (χ4n) is 7.43. The summed E-state index contributed by atoms with van der Waals surface area (Å²) in [7, 11) is -3.52. The molecule has 0 spiro atoms. The van der Waals surface area contributed by atoms with Gasteiger partial charge in [0, 0.05) is 46.5 Å². The van der Waals surface area contributed by atoms with Crippen molar-refractivity contribution >= 4 is 143 Å². The van der Waals surface area contributed by atoms with E-state index in [1.807, 2.05) is 70.4 Å². The average molecular weight is 1310 g/mol. The summed E-state index contributed by atoms with van der Waals surface area (Å²) in [6.45, 7) is 0.652. The number of fused-ring (bicyclic) bond motifs is 2. The van der Waals surface area contributed by atoms with Gasteiger partial charge in [0.15, 0.2) is 57.3 Å². The van der Waals surface area contributed by atoms with E-state index < -0.39 is 87.5 Å². The number of β-lactam (4-membered cyclic amide) rings is 2. The third kappa shape index (κ3) is 16.3. The molecule has 83 heavy (non-hydrogen) atoms. The minimum atomic E-state index is -6.09. The maximum Gasteiger partial charge on any atom is 0.485 e. The van der Waals surface area contributed by atoms with Crippen molar-refractivity contribution in [2.45, 2.75) is 59.0 Å². The zero-order chi connectivity index (χ0) is 61.9. The maximum atomic E-state index is 13.0. The largest absolute Gasteiger partial charge is 0.741 e. The number of carboxylic acids is 3. The predicted octanol–water partition coefficient (Wildman–Crippen LogP) is 0.398. The van der Waals surface area contributed by atoms with Crippen molar-refractivity contribution in [1.82, 2.24) is 30.4 Å². The molecule has 4 aromatic rings. The van der Waals surface area contributed by atoms with Crippen LogP contribution in [0.5, 0.6) is 0 Å². The summed E-state index contributed by atoms with van der Waals surface area (Å²) < 4.78 is 94.3. The number of alkyl halides is 6. The van der Waals surface area contributed by atoms with Gasteiger partial charge in [0.1, 0.15) is 55.1 Å². The van der Waals surface area contributed by atoms with Crippen LogP contribution < -0.4 is 36.3 Å². The number of nitrogen functional groups attached to an aromatic ring is 2. The molecule has 0 radical (unpaired) electrons. The van der Waals surface area contributed by atoms with Gasteiger partial charge in [0.25, 0.3) is 23.6 Å². The highest BCUT2D eigenvalue weighted by Crippen LogP contribution is 2.41. The van der Waals surface area contributed by atoms with Gasteiger partial charge in [-0.1, -0.05) is 33.8 Å². The lowest BCUT2D eigenvalue weighted by Gasteiger charge is -2.49. The van der Waals surface area contributed by atoms with Crippen LogP contribution in [-0.4, -0.2) is 170 Å². The summed E-state index contributed by atoms with van der Waals surface area (Å²) in [5.74, 6) is -6.82. The Labute approximate surface area is 489 Å². The topological polar surface area (TPSA) is 400 Å². The smallest absolute Gasteiger partial charge is 0.485 e. The molecule has 8 heterocycles. The summed E-state index contributed by atoms with van der Waals surface area (Å²) >= 11 is 8.10. The first kappa shape index (κ1) is 66.6. The molecule has 4 amide bonds. The third-order valence-corrected chi connectivity index (χ3v) is 16.8. The number of aliphatic carboxylic acids is 3. The highest BCUT2D eigenvalue weighted by Gasteiger charge is 2.56. The zero-order valence-corrected chi connectivity index (χ0v) is 48.2. The minimum absolute atomic E-state index is 0.0572. The predicted molar refractivity (Wildman–Crippen MR) is 283 cm³/mol. The summed E-state index contributed by atoms with van der Waals surface area (Å²) in [5, 5.41) is 46.9. The SMILES string of the molecule is CON=C(C(=O)NC1C(=O)N2C(C(=O)O)=C(C[n+]3ccccc3SC)SCC12)c1csc(N)n1.CON=C(C(=O)NC1C(=O)N2C(C(=O)O)=C(C[n+]3ccccc3SC)SCC12)c1csc(N)n1.O=C([O-])C(F)(F)F.O=S(=O)([O-])C(F)(F)F. The number of allylic oxidation sites excluding steroid dienone is 2. The van der Waals surface area contributed by atoms with Gasteiger partial charge in [-0.2, -0.15) is 35.5 Å².